The van der Waals surface area contributed by atoms with Crippen LogP contribution < -0.4 is 5.73 Å². The number of likely N-dealkylation sites (N-methyl/N-ethyl adjacent to an activating group) is 1. The van der Waals surface area contributed by atoms with E-state index in [1.165, 1.54) is 12.0 Å². The molecule has 0 aromatic carbocycles. The van der Waals surface area contributed by atoms with Crippen LogP contribution in [-0.2, 0) is 19.1 Å². The number of carboxylic acid groups (broad SMARTS) is 1. The first-order valence-electron chi connectivity index (χ1n) is 5.33. The molecule has 0 aliphatic carbocycles. The Morgan fingerprint density at radius 3 is 2.71 bits per heavy atom. The number of carboxylic acids is 1. The molecule has 3 N–H and O–H groups in total. The maximum Gasteiger partial charge on any atom is 0.311 e. The zero-order valence-electron chi connectivity index (χ0n) is 9.96. The summed E-state index contributed by atoms with van der Waals surface area (Å²) in [6.07, 6.45) is -0.741. The van der Waals surface area contributed by atoms with Crippen molar-refractivity contribution in [3.05, 3.63) is 0 Å². The first kappa shape index (κ1) is 13.9. The Morgan fingerprint density at radius 2 is 2.24 bits per heavy atom. The Labute approximate surface area is 99.5 Å². The van der Waals surface area contributed by atoms with Crippen LogP contribution in [0, 0.1) is 5.92 Å². The van der Waals surface area contributed by atoms with Gasteiger partial charge in [0.2, 0.25) is 0 Å². The molecule has 3 unspecified atom stereocenters. The Hall–Kier alpha value is -1.18. The molecule has 0 radical (unpaired) electrons. The third kappa shape index (κ3) is 2.93. The van der Waals surface area contributed by atoms with Crippen LogP contribution in [0.25, 0.3) is 0 Å². The summed E-state index contributed by atoms with van der Waals surface area (Å²) in [7, 11) is 2.93. The summed E-state index contributed by atoms with van der Waals surface area (Å²) >= 11 is 0. The number of carbonyl (C=O) groups is 2. The maximum atomic E-state index is 11.9. The minimum atomic E-state index is -0.964. The highest BCUT2D eigenvalue weighted by Crippen LogP contribution is 2.19. The monoisotopic (exact) mass is 246 g/mol. The lowest BCUT2D eigenvalue weighted by atomic mass is 10.0. The Bertz CT molecular complexity index is 292. The molecule has 0 spiro atoms. The van der Waals surface area contributed by atoms with Crippen LogP contribution in [0.15, 0.2) is 0 Å². The summed E-state index contributed by atoms with van der Waals surface area (Å²) in [6, 6.07) is -0.468. The fraction of sp³-hybridized carbons (Fsp3) is 0.800. The normalized spacial score (nSPS) is 25.6. The second-order valence-electron chi connectivity index (χ2n) is 3.96. The van der Waals surface area contributed by atoms with Gasteiger partial charge in [0.1, 0.15) is 12.0 Å². The second kappa shape index (κ2) is 5.95. The van der Waals surface area contributed by atoms with Gasteiger partial charge in [-0.3, -0.25) is 9.59 Å². The van der Waals surface area contributed by atoms with Gasteiger partial charge >= 0.3 is 5.97 Å². The van der Waals surface area contributed by atoms with E-state index in [2.05, 4.69) is 0 Å². The van der Waals surface area contributed by atoms with Crippen LogP contribution in [-0.4, -0.2) is 67.9 Å². The molecule has 0 aromatic heterocycles. The number of hydrogen-bond donors (Lipinski definition) is 2. The topological polar surface area (TPSA) is 102 Å². The summed E-state index contributed by atoms with van der Waals surface area (Å²) in [5.41, 5.74) is 5.40. The number of carbonyl (C=O) groups excluding carboxylic acids is 1. The van der Waals surface area contributed by atoms with Gasteiger partial charge in [-0.25, -0.2) is 0 Å². The van der Waals surface area contributed by atoms with E-state index in [1.807, 2.05) is 0 Å². The molecule has 7 heteroatoms. The Morgan fingerprint density at radius 1 is 1.59 bits per heavy atom. The van der Waals surface area contributed by atoms with Crippen molar-refractivity contribution in [3.8, 4) is 0 Å². The van der Waals surface area contributed by atoms with E-state index in [0.717, 1.165) is 0 Å². The van der Waals surface area contributed by atoms with Crippen LogP contribution in [0.1, 0.15) is 0 Å². The van der Waals surface area contributed by atoms with Gasteiger partial charge in [-0.05, 0) is 0 Å². The van der Waals surface area contributed by atoms with Crippen LogP contribution in [0.5, 0.6) is 0 Å². The molecule has 17 heavy (non-hydrogen) atoms. The van der Waals surface area contributed by atoms with Gasteiger partial charge in [-0.1, -0.05) is 0 Å². The lowest BCUT2D eigenvalue weighted by molar-refractivity contribution is -0.147. The van der Waals surface area contributed by atoms with E-state index >= 15 is 0 Å². The molecule has 98 valence electrons. The van der Waals surface area contributed by atoms with Crippen molar-refractivity contribution in [2.45, 2.75) is 12.1 Å². The van der Waals surface area contributed by atoms with Gasteiger partial charge in [-0.2, -0.15) is 0 Å². The van der Waals surface area contributed by atoms with Gasteiger partial charge in [-0.15, -0.1) is 0 Å². The number of hydrogen-bond acceptors (Lipinski definition) is 5. The fourth-order valence-corrected chi connectivity index (χ4v) is 1.85. The van der Waals surface area contributed by atoms with Crippen LogP contribution in [0.4, 0.5) is 0 Å². The zero-order valence-corrected chi connectivity index (χ0v) is 9.96. The molecular formula is C10H18N2O5. The van der Waals surface area contributed by atoms with Gasteiger partial charge < -0.3 is 25.2 Å². The second-order valence-corrected chi connectivity index (χ2v) is 3.96. The van der Waals surface area contributed by atoms with Gasteiger partial charge in [0.25, 0.3) is 5.91 Å². The highest BCUT2D eigenvalue weighted by atomic mass is 16.5. The third-order valence-electron chi connectivity index (χ3n) is 2.99. The fourth-order valence-electron chi connectivity index (χ4n) is 1.85. The lowest BCUT2D eigenvalue weighted by Gasteiger charge is -2.29. The van der Waals surface area contributed by atoms with Gasteiger partial charge in [0, 0.05) is 20.7 Å². The zero-order chi connectivity index (χ0) is 13.0. The van der Waals surface area contributed by atoms with Crippen LogP contribution >= 0.6 is 0 Å². The van der Waals surface area contributed by atoms with Crippen molar-refractivity contribution >= 4 is 11.9 Å². The predicted molar refractivity (Wildman–Crippen MR) is 58.4 cm³/mol. The summed E-state index contributed by atoms with van der Waals surface area (Å²) in [5.74, 6) is -1.98. The Kier molecular flexibility index (Phi) is 4.86. The standard InChI is InChI=1S/C10H18N2O5/c1-12(9(13)8(3-11)16-2)7-5-17-4-6(7)10(14)15/h6-8H,3-5,11H2,1-2H3,(H,14,15). The lowest BCUT2D eigenvalue weighted by Crippen LogP contribution is -2.50. The maximum absolute atomic E-state index is 11.9. The summed E-state index contributed by atoms with van der Waals surface area (Å²) in [4.78, 5) is 24.3. The summed E-state index contributed by atoms with van der Waals surface area (Å²) in [6.45, 7) is 0.406. The third-order valence-corrected chi connectivity index (χ3v) is 2.99. The summed E-state index contributed by atoms with van der Waals surface area (Å²) < 4.78 is 10.0. The summed E-state index contributed by atoms with van der Waals surface area (Å²) in [5, 5.41) is 8.99. The molecule has 0 bridgehead atoms. The molecular weight excluding hydrogens is 228 g/mol. The molecule has 1 heterocycles. The number of ether oxygens (including phenoxy) is 2. The van der Waals surface area contributed by atoms with E-state index in [9.17, 15) is 9.59 Å². The first-order valence-corrected chi connectivity index (χ1v) is 5.33. The van der Waals surface area contributed by atoms with Crippen LogP contribution in [0.3, 0.4) is 0 Å². The van der Waals surface area contributed by atoms with Crippen molar-refractivity contribution in [2.24, 2.45) is 11.7 Å². The first-order chi connectivity index (χ1) is 8.02. The van der Waals surface area contributed by atoms with Crippen molar-refractivity contribution in [1.29, 1.82) is 0 Å². The molecule has 3 atom stereocenters. The number of methoxy groups -OCH3 is 1. The van der Waals surface area contributed by atoms with E-state index in [4.69, 9.17) is 20.3 Å². The van der Waals surface area contributed by atoms with E-state index in [-0.39, 0.29) is 25.7 Å². The molecule has 1 rings (SSSR count). The molecule has 0 aromatic rings. The average molecular weight is 246 g/mol. The number of nitrogens with zero attached hydrogens (tertiary/aromatic N) is 1. The average Bonchev–Trinajstić information content (AvgIpc) is 2.78. The quantitative estimate of drug-likeness (QED) is 0.613. The number of amides is 1. The highest BCUT2D eigenvalue weighted by Gasteiger charge is 2.39. The number of nitrogens with two attached hydrogens (primary N) is 1. The van der Waals surface area contributed by atoms with E-state index in [1.54, 1.807) is 7.05 Å². The van der Waals surface area contributed by atoms with Gasteiger partial charge in [0.05, 0.1) is 19.3 Å². The molecule has 7 nitrogen and oxygen atoms in total. The molecule has 1 aliphatic heterocycles. The van der Waals surface area contributed by atoms with Crippen molar-refractivity contribution in [2.75, 3.05) is 33.9 Å². The largest absolute Gasteiger partial charge is 0.481 e. The Balaban J connectivity index is 2.71. The minimum absolute atomic E-state index is 0.0605. The molecule has 1 saturated heterocycles. The van der Waals surface area contributed by atoms with Crippen LogP contribution in [0.2, 0.25) is 0 Å². The van der Waals surface area contributed by atoms with E-state index < -0.39 is 24.0 Å². The van der Waals surface area contributed by atoms with Gasteiger partial charge in [0.15, 0.2) is 0 Å². The van der Waals surface area contributed by atoms with E-state index in [0.29, 0.717) is 0 Å². The predicted octanol–water partition coefficient (Wildman–Crippen LogP) is -1.48. The number of aliphatic carboxylic acids is 1. The van der Waals surface area contributed by atoms with Crippen molar-refractivity contribution < 1.29 is 24.2 Å². The smallest absolute Gasteiger partial charge is 0.311 e. The minimum Gasteiger partial charge on any atom is -0.481 e. The number of rotatable bonds is 5. The SMILES string of the molecule is COC(CN)C(=O)N(C)C1COCC1C(=O)O. The molecule has 1 amide bonds. The molecule has 1 aliphatic rings. The van der Waals surface area contributed by atoms with Crippen molar-refractivity contribution in [3.63, 3.8) is 0 Å². The molecule has 0 saturated carbocycles. The molecule has 1 fully saturated rings. The highest BCUT2D eigenvalue weighted by molar-refractivity contribution is 5.82. The van der Waals surface area contributed by atoms with Crippen molar-refractivity contribution in [1.82, 2.24) is 4.90 Å².